The molecule has 6 nitrogen and oxygen atoms in total. The van der Waals surface area contributed by atoms with Gasteiger partial charge in [-0.1, -0.05) is 43.3 Å². The van der Waals surface area contributed by atoms with E-state index in [4.69, 9.17) is 0 Å². The molecular weight excluding hydrogens is 360 g/mol. The molecule has 0 radical (unpaired) electrons. The minimum absolute atomic E-state index is 0.597. The van der Waals surface area contributed by atoms with Crippen LogP contribution in [0.5, 0.6) is 0 Å². The highest BCUT2D eigenvalue weighted by Gasteiger charge is 2.06. The summed E-state index contributed by atoms with van der Waals surface area (Å²) in [4.78, 5) is 9.14. The van der Waals surface area contributed by atoms with Crippen molar-refractivity contribution in [2.75, 3.05) is 36.1 Å². The van der Waals surface area contributed by atoms with Crippen molar-refractivity contribution in [1.29, 1.82) is 0 Å². The fourth-order valence-corrected chi connectivity index (χ4v) is 3.01. The zero-order valence-corrected chi connectivity index (χ0v) is 17.2. The second-order valence-corrected chi connectivity index (χ2v) is 6.82. The Morgan fingerprint density at radius 2 is 1.76 bits per heavy atom. The van der Waals surface area contributed by atoms with Crippen LogP contribution < -0.4 is 21.3 Å². The first kappa shape index (κ1) is 20.6. The lowest BCUT2D eigenvalue weighted by Gasteiger charge is -2.13. The third-order valence-electron chi connectivity index (χ3n) is 4.65. The van der Waals surface area contributed by atoms with Gasteiger partial charge in [-0.25, -0.2) is 4.98 Å². The fraction of sp³-hybridized carbons (Fsp3) is 0.304. The Balaban J connectivity index is 1.50. The minimum Gasteiger partial charge on any atom is -0.388 e. The van der Waals surface area contributed by atoms with E-state index in [0.29, 0.717) is 5.95 Å². The third kappa shape index (κ3) is 6.47. The van der Waals surface area contributed by atoms with Gasteiger partial charge in [-0.15, -0.1) is 0 Å². The van der Waals surface area contributed by atoms with Crippen LogP contribution in [-0.4, -0.2) is 30.1 Å². The topological polar surface area (TPSA) is 73.9 Å². The highest BCUT2D eigenvalue weighted by Crippen LogP contribution is 2.20. The molecule has 0 aliphatic carbocycles. The molecule has 0 saturated heterocycles. The molecule has 0 spiro atoms. The summed E-state index contributed by atoms with van der Waals surface area (Å²) in [6.07, 6.45) is 3.81. The first-order chi connectivity index (χ1) is 14.3. The number of hydrogen-bond acceptors (Lipinski definition) is 6. The Hall–Kier alpha value is -3.12. The predicted octanol–water partition coefficient (Wildman–Crippen LogP) is 4.42. The van der Waals surface area contributed by atoms with E-state index < -0.39 is 0 Å². The molecule has 1 heterocycles. The smallest absolute Gasteiger partial charge is 0.229 e. The van der Waals surface area contributed by atoms with Crippen LogP contribution in [0, 0.1) is 0 Å². The molecule has 0 saturated carbocycles. The summed E-state index contributed by atoms with van der Waals surface area (Å²) < 4.78 is 0. The van der Waals surface area contributed by atoms with Crippen molar-refractivity contribution in [1.82, 2.24) is 15.3 Å². The maximum absolute atomic E-state index is 4.69. The normalized spacial score (nSPS) is 10.6. The SMILES string of the molecule is CCc1cnc(Nc2cccc(NC)c2)nc1NCCCNCc1ccccc1. The van der Waals surface area contributed by atoms with Crippen LogP contribution in [0.3, 0.4) is 0 Å². The van der Waals surface area contributed by atoms with Gasteiger partial charge in [0.05, 0.1) is 0 Å². The molecule has 2 aromatic carbocycles. The molecule has 0 amide bonds. The van der Waals surface area contributed by atoms with E-state index in [1.807, 2.05) is 43.6 Å². The van der Waals surface area contributed by atoms with E-state index in [0.717, 1.165) is 55.2 Å². The molecule has 3 rings (SSSR count). The largest absolute Gasteiger partial charge is 0.388 e. The van der Waals surface area contributed by atoms with Crippen molar-refractivity contribution in [3.05, 3.63) is 71.9 Å². The van der Waals surface area contributed by atoms with Crippen molar-refractivity contribution in [2.24, 2.45) is 0 Å². The van der Waals surface area contributed by atoms with Crippen LogP contribution in [0.4, 0.5) is 23.1 Å². The molecule has 0 fully saturated rings. The molecular formula is C23H30N6. The quantitative estimate of drug-likeness (QED) is 0.363. The molecule has 0 unspecified atom stereocenters. The Bertz CT molecular complexity index is 882. The van der Waals surface area contributed by atoms with E-state index in [-0.39, 0.29) is 0 Å². The van der Waals surface area contributed by atoms with Crippen LogP contribution in [0.25, 0.3) is 0 Å². The molecule has 152 valence electrons. The van der Waals surface area contributed by atoms with Gasteiger partial charge in [0.1, 0.15) is 5.82 Å². The lowest BCUT2D eigenvalue weighted by Crippen LogP contribution is -2.18. The standard InChI is InChI=1S/C23H30N6/c1-3-19-17-27-23(28-21-12-7-11-20(15-21)24-2)29-22(19)26-14-8-13-25-16-18-9-5-4-6-10-18/h4-7,9-12,15,17,24-25H,3,8,13-14,16H2,1-2H3,(H2,26,27,28,29). The molecule has 0 aliphatic heterocycles. The highest BCUT2D eigenvalue weighted by molar-refractivity contribution is 5.62. The van der Waals surface area contributed by atoms with Crippen LogP contribution in [0.2, 0.25) is 0 Å². The van der Waals surface area contributed by atoms with Crippen LogP contribution in [0.1, 0.15) is 24.5 Å². The first-order valence-electron chi connectivity index (χ1n) is 10.2. The van der Waals surface area contributed by atoms with Gasteiger partial charge in [0.15, 0.2) is 0 Å². The summed E-state index contributed by atoms with van der Waals surface area (Å²) in [6.45, 7) is 4.83. The van der Waals surface area contributed by atoms with Gasteiger partial charge < -0.3 is 21.3 Å². The summed E-state index contributed by atoms with van der Waals surface area (Å²) in [7, 11) is 1.91. The summed E-state index contributed by atoms with van der Waals surface area (Å²) in [5.41, 5.74) is 4.43. The maximum Gasteiger partial charge on any atom is 0.229 e. The molecule has 4 N–H and O–H groups in total. The number of aromatic nitrogens is 2. The Morgan fingerprint density at radius 3 is 2.55 bits per heavy atom. The van der Waals surface area contributed by atoms with Crippen molar-refractivity contribution in [3.63, 3.8) is 0 Å². The monoisotopic (exact) mass is 390 g/mol. The van der Waals surface area contributed by atoms with Gasteiger partial charge in [-0.3, -0.25) is 0 Å². The second kappa shape index (κ2) is 11.0. The molecule has 0 atom stereocenters. The van der Waals surface area contributed by atoms with Crippen LogP contribution in [0.15, 0.2) is 60.8 Å². The van der Waals surface area contributed by atoms with Gasteiger partial charge in [0.2, 0.25) is 5.95 Å². The molecule has 6 heteroatoms. The lowest BCUT2D eigenvalue weighted by molar-refractivity contribution is 0.662. The molecule has 0 aliphatic rings. The van der Waals surface area contributed by atoms with Crippen LogP contribution >= 0.6 is 0 Å². The van der Waals surface area contributed by atoms with Crippen molar-refractivity contribution in [2.45, 2.75) is 26.3 Å². The van der Waals surface area contributed by atoms with E-state index in [1.165, 1.54) is 5.56 Å². The predicted molar refractivity (Wildman–Crippen MR) is 122 cm³/mol. The number of nitrogens with zero attached hydrogens (tertiary/aromatic N) is 2. The van der Waals surface area contributed by atoms with Gasteiger partial charge in [0, 0.05) is 43.3 Å². The molecule has 29 heavy (non-hydrogen) atoms. The number of nitrogens with one attached hydrogen (secondary N) is 4. The van der Waals surface area contributed by atoms with Crippen LogP contribution in [-0.2, 0) is 13.0 Å². The molecule has 0 bridgehead atoms. The van der Waals surface area contributed by atoms with E-state index in [9.17, 15) is 0 Å². The number of rotatable bonds is 11. The average molecular weight is 391 g/mol. The number of benzene rings is 2. The van der Waals surface area contributed by atoms with E-state index >= 15 is 0 Å². The Morgan fingerprint density at radius 1 is 0.931 bits per heavy atom. The first-order valence-corrected chi connectivity index (χ1v) is 10.2. The Kier molecular flexibility index (Phi) is 7.83. The second-order valence-electron chi connectivity index (χ2n) is 6.82. The zero-order valence-electron chi connectivity index (χ0n) is 17.2. The average Bonchev–Trinajstić information content (AvgIpc) is 2.77. The number of aryl methyl sites for hydroxylation is 1. The summed E-state index contributed by atoms with van der Waals surface area (Å²) >= 11 is 0. The number of anilines is 4. The highest BCUT2D eigenvalue weighted by atomic mass is 15.1. The van der Waals surface area contributed by atoms with Crippen molar-refractivity contribution in [3.8, 4) is 0 Å². The zero-order chi connectivity index (χ0) is 20.3. The van der Waals surface area contributed by atoms with Gasteiger partial charge in [-0.05, 0) is 43.1 Å². The maximum atomic E-state index is 4.69. The van der Waals surface area contributed by atoms with Crippen molar-refractivity contribution < 1.29 is 0 Å². The fourth-order valence-electron chi connectivity index (χ4n) is 3.01. The molecule has 3 aromatic rings. The Labute approximate surface area is 173 Å². The van der Waals surface area contributed by atoms with Gasteiger partial charge in [-0.2, -0.15) is 4.98 Å². The van der Waals surface area contributed by atoms with Crippen molar-refractivity contribution >= 4 is 23.1 Å². The van der Waals surface area contributed by atoms with Gasteiger partial charge >= 0.3 is 0 Å². The summed E-state index contributed by atoms with van der Waals surface area (Å²) in [6, 6.07) is 18.5. The summed E-state index contributed by atoms with van der Waals surface area (Å²) in [5.74, 6) is 1.50. The minimum atomic E-state index is 0.597. The van der Waals surface area contributed by atoms with Gasteiger partial charge in [0.25, 0.3) is 0 Å². The van der Waals surface area contributed by atoms with E-state index in [1.54, 1.807) is 0 Å². The lowest BCUT2D eigenvalue weighted by atomic mass is 10.2. The number of hydrogen-bond donors (Lipinski definition) is 4. The third-order valence-corrected chi connectivity index (χ3v) is 4.65. The molecule has 1 aromatic heterocycles. The summed E-state index contributed by atoms with van der Waals surface area (Å²) in [5, 5.41) is 13.4. The van der Waals surface area contributed by atoms with E-state index in [2.05, 4.69) is 62.4 Å².